The number of nitrogens with one attached hydrogen (secondary N) is 1. The summed E-state index contributed by atoms with van der Waals surface area (Å²) >= 11 is 0. The molecule has 0 aliphatic heterocycles. The van der Waals surface area contributed by atoms with Gasteiger partial charge in [-0.3, -0.25) is 0 Å². The number of sulfone groups is 1. The third-order valence-electron chi connectivity index (χ3n) is 3.16. The lowest BCUT2D eigenvalue weighted by molar-refractivity contribution is 0.478. The van der Waals surface area contributed by atoms with E-state index in [1.54, 1.807) is 0 Å². The Labute approximate surface area is 112 Å². The van der Waals surface area contributed by atoms with E-state index in [-0.39, 0.29) is 6.04 Å². The second-order valence-corrected chi connectivity index (χ2v) is 6.67. The van der Waals surface area contributed by atoms with Crippen molar-refractivity contribution in [2.75, 3.05) is 6.54 Å². The van der Waals surface area contributed by atoms with Crippen LogP contribution in [-0.4, -0.2) is 26.3 Å². The summed E-state index contributed by atoms with van der Waals surface area (Å²) < 4.78 is 51.4. The largest absolute Gasteiger partial charge is 0.313 e. The maximum absolute atomic E-state index is 13.6. The zero-order valence-corrected chi connectivity index (χ0v) is 12.1. The van der Waals surface area contributed by atoms with Gasteiger partial charge in [-0.25, -0.2) is 17.2 Å². The van der Waals surface area contributed by atoms with E-state index >= 15 is 0 Å². The second kappa shape index (κ2) is 6.43. The third kappa shape index (κ3) is 3.51. The Morgan fingerprint density at radius 1 is 1.26 bits per heavy atom. The van der Waals surface area contributed by atoms with E-state index in [9.17, 15) is 17.2 Å². The molecule has 0 heterocycles. The normalized spacial score (nSPS) is 15.2. The number of rotatable bonds is 6. The van der Waals surface area contributed by atoms with Gasteiger partial charge >= 0.3 is 0 Å². The molecule has 1 rings (SSSR count). The van der Waals surface area contributed by atoms with Crippen LogP contribution in [0.25, 0.3) is 0 Å². The fraction of sp³-hybridized carbons (Fsp3) is 0.538. The van der Waals surface area contributed by atoms with Crippen LogP contribution in [0.4, 0.5) is 8.78 Å². The fourth-order valence-electron chi connectivity index (χ4n) is 2.02. The molecule has 0 saturated heterocycles. The molecule has 6 heteroatoms. The molecule has 0 aliphatic carbocycles. The van der Waals surface area contributed by atoms with Gasteiger partial charge in [0.25, 0.3) is 0 Å². The summed E-state index contributed by atoms with van der Waals surface area (Å²) in [7, 11) is -3.90. The van der Waals surface area contributed by atoms with E-state index in [1.807, 2.05) is 13.8 Å². The van der Waals surface area contributed by atoms with Gasteiger partial charge in [-0.1, -0.05) is 13.8 Å². The van der Waals surface area contributed by atoms with Gasteiger partial charge in [0.2, 0.25) is 0 Å². The highest BCUT2D eigenvalue weighted by molar-refractivity contribution is 7.92. The summed E-state index contributed by atoms with van der Waals surface area (Å²) in [6.07, 6.45) is 0.588. The van der Waals surface area contributed by atoms with Crippen molar-refractivity contribution in [3.05, 3.63) is 29.8 Å². The quantitative estimate of drug-likeness (QED) is 0.876. The van der Waals surface area contributed by atoms with Crippen molar-refractivity contribution in [1.29, 1.82) is 0 Å². The fourth-order valence-corrected chi connectivity index (χ4v) is 3.75. The molecule has 1 aromatic carbocycles. The molecule has 2 unspecified atom stereocenters. The summed E-state index contributed by atoms with van der Waals surface area (Å²) in [5, 5.41) is 2.22. The van der Waals surface area contributed by atoms with Crippen LogP contribution in [0.1, 0.15) is 27.2 Å². The standard InChI is InChI=1S/C13H19F2NO2S/c1-4-12(16-5-2)9(3)19(17,18)13-8-10(14)6-7-11(13)15/h6-9,12,16H,4-5H2,1-3H3. The monoisotopic (exact) mass is 291 g/mol. The number of benzene rings is 1. The molecule has 0 bridgehead atoms. The van der Waals surface area contributed by atoms with Crippen LogP contribution < -0.4 is 5.32 Å². The lowest BCUT2D eigenvalue weighted by atomic mass is 10.2. The van der Waals surface area contributed by atoms with Gasteiger partial charge in [0.15, 0.2) is 9.84 Å². The summed E-state index contributed by atoms with van der Waals surface area (Å²) in [6, 6.07) is 2.18. The van der Waals surface area contributed by atoms with E-state index in [4.69, 9.17) is 0 Å². The topological polar surface area (TPSA) is 46.2 Å². The van der Waals surface area contributed by atoms with Crippen molar-refractivity contribution in [3.63, 3.8) is 0 Å². The lowest BCUT2D eigenvalue weighted by Crippen LogP contribution is -2.42. The molecule has 0 amide bonds. The van der Waals surface area contributed by atoms with E-state index in [0.717, 1.165) is 18.2 Å². The van der Waals surface area contributed by atoms with Crippen LogP contribution in [0.2, 0.25) is 0 Å². The molecule has 0 saturated carbocycles. The molecule has 1 N–H and O–H groups in total. The van der Waals surface area contributed by atoms with Crippen molar-refractivity contribution < 1.29 is 17.2 Å². The van der Waals surface area contributed by atoms with E-state index < -0.39 is 31.6 Å². The first-order valence-electron chi connectivity index (χ1n) is 6.26. The molecule has 19 heavy (non-hydrogen) atoms. The highest BCUT2D eigenvalue weighted by Crippen LogP contribution is 2.23. The van der Waals surface area contributed by atoms with Crippen LogP contribution in [0.3, 0.4) is 0 Å². The van der Waals surface area contributed by atoms with Crippen molar-refractivity contribution in [2.24, 2.45) is 0 Å². The molecule has 0 aliphatic rings. The third-order valence-corrected chi connectivity index (χ3v) is 5.40. The summed E-state index contributed by atoms with van der Waals surface area (Å²) in [4.78, 5) is -0.573. The number of hydrogen-bond acceptors (Lipinski definition) is 3. The van der Waals surface area contributed by atoms with E-state index in [0.29, 0.717) is 13.0 Å². The van der Waals surface area contributed by atoms with Gasteiger partial charge in [-0.05, 0) is 38.1 Å². The lowest BCUT2D eigenvalue weighted by Gasteiger charge is -2.23. The first-order valence-corrected chi connectivity index (χ1v) is 7.81. The molecular weight excluding hydrogens is 272 g/mol. The minimum absolute atomic E-state index is 0.294. The summed E-state index contributed by atoms with van der Waals surface area (Å²) in [5.74, 6) is -1.68. The van der Waals surface area contributed by atoms with Crippen LogP contribution in [0.15, 0.2) is 23.1 Å². The minimum atomic E-state index is -3.90. The van der Waals surface area contributed by atoms with Gasteiger partial charge in [0.05, 0.1) is 5.25 Å². The van der Waals surface area contributed by atoms with E-state index in [2.05, 4.69) is 5.32 Å². The van der Waals surface area contributed by atoms with Gasteiger partial charge in [-0.2, -0.15) is 0 Å². The van der Waals surface area contributed by atoms with Gasteiger partial charge in [0, 0.05) is 6.04 Å². The molecule has 0 radical (unpaired) electrons. The Morgan fingerprint density at radius 2 is 1.89 bits per heavy atom. The Morgan fingerprint density at radius 3 is 2.42 bits per heavy atom. The highest BCUT2D eigenvalue weighted by Gasteiger charge is 2.31. The Balaban J connectivity index is 3.19. The molecule has 3 nitrogen and oxygen atoms in total. The maximum atomic E-state index is 13.6. The summed E-state index contributed by atoms with van der Waals surface area (Å²) in [5.41, 5.74) is 0. The molecule has 1 aromatic rings. The van der Waals surface area contributed by atoms with Crippen molar-refractivity contribution >= 4 is 9.84 Å². The van der Waals surface area contributed by atoms with Crippen molar-refractivity contribution in [3.8, 4) is 0 Å². The maximum Gasteiger partial charge on any atom is 0.185 e. The molecule has 0 fully saturated rings. The number of halogens is 2. The average molecular weight is 291 g/mol. The molecule has 2 atom stereocenters. The molecule has 0 spiro atoms. The highest BCUT2D eigenvalue weighted by atomic mass is 32.2. The van der Waals surface area contributed by atoms with Crippen LogP contribution >= 0.6 is 0 Å². The van der Waals surface area contributed by atoms with Gasteiger partial charge < -0.3 is 5.32 Å². The zero-order chi connectivity index (χ0) is 14.6. The van der Waals surface area contributed by atoms with Crippen LogP contribution in [0, 0.1) is 11.6 Å². The first kappa shape index (κ1) is 16.0. The second-order valence-electron chi connectivity index (χ2n) is 4.40. The molecule has 0 aromatic heterocycles. The predicted octanol–water partition coefficient (Wildman–Crippen LogP) is 2.52. The van der Waals surface area contributed by atoms with Crippen molar-refractivity contribution in [1.82, 2.24) is 5.32 Å². The van der Waals surface area contributed by atoms with Gasteiger partial charge in [-0.15, -0.1) is 0 Å². The van der Waals surface area contributed by atoms with Crippen LogP contribution in [-0.2, 0) is 9.84 Å². The average Bonchev–Trinajstić information content (AvgIpc) is 2.37. The smallest absolute Gasteiger partial charge is 0.185 e. The van der Waals surface area contributed by atoms with Gasteiger partial charge in [0.1, 0.15) is 16.5 Å². The Kier molecular flexibility index (Phi) is 5.43. The van der Waals surface area contributed by atoms with Crippen molar-refractivity contribution in [2.45, 2.75) is 43.4 Å². The Bertz CT molecular complexity index is 531. The minimum Gasteiger partial charge on any atom is -0.313 e. The van der Waals surface area contributed by atoms with Crippen LogP contribution in [0.5, 0.6) is 0 Å². The SMILES string of the molecule is CCNC(CC)C(C)S(=O)(=O)c1cc(F)ccc1F. The first-order chi connectivity index (χ1) is 8.84. The number of hydrogen-bond donors (Lipinski definition) is 1. The van der Waals surface area contributed by atoms with E-state index in [1.165, 1.54) is 6.92 Å². The summed E-state index contributed by atoms with van der Waals surface area (Å²) in [6.45, 7) is 5.84. The molecule has 108 valence electrons. The molecular formula is C13H19F2NO2S. The zero-order valence-electron chi connectivity index (χ0n) is 11.3. The Hall–Kier alpha value is -1.01. The predicted molar refractivity (Wildman–Crippen MR) is 70.8 cm³/mol.